The first-order valence-electron chi connectivity index (χ1n) is 6.82. The molecule has 102 valence electrons. The number of rotatable bonds is 1. The fraction of sp³-hybridized carbons (Fsp3) is 1.00. The molecule has 0 saturated carbocycles. The minimum absolute atomic E-state index is 0.248. The summed E-state index contributed by atoms with van der Waals surface area (Å²) in [4.78, 5) is 2.73. The van der Waals surface area contributed by atoms with Crippen LogP contribution >= 0.6 is 8.58 Å². The zero-order valence-electron chi connectivity index (χ0n) is 12.9. The summed E-state index contributed by atoms with van der Waals surface area (Å²) in [6, 6.07) is 0. The van der Waals surface area contributed by atoms with Crippen molar-refractivity contribution in [3.8, 4) is 0 Å². The van der Waals surface area contributed by atoms with Crippen LogP contribution in [0.15, 0.2) is 0 Å². The zero-order valence-corrected chi connectivity index (χ0v) is 13.9. The van der Waals surface area contributed by atoms with Crippen molar-refractivity contribution in [1.82, 2.24) is 10.2 Å². The van der Waals surface area contributed by atoms with Gasteiger partial charge in [-0.3, -0.25) is 4.90 Å². The molecule has 0 bridgehead atoms. The Labute approximate surface area is 110 Å². The van der Waals surface area contributed by atoms with Gasteiger partial charge in [-0.15, -0.1) is 0 Å². The third-order valence-electron chi connectivity index (χ3n) is 3.88. The second-order valence-corrected chi connectivity index (χ2v) is 8.93. The molecule has 0 spiro atoms. The second kappa shape index (κ2) is 5.15. The lowest BCUT2D eigenvalue weighted by Gasteiger charge is -2.49. The second-order valence-electron chi connectivity index (χ2n) is 7.14. The van der Waals surface area contributed by atoms with E-state index < -0.39 is 0 Å². The molecule has 1 heterocycles. The molecule has 1 aliphatic rings. The summed E-state index contributed by atoms with van der Waals surface area (Å²) >= 11 is 0. The Bertz CT molecular complexity index is 257. The topological polar surface area (TPSA) is 15.3 Å². The molecule has 0 aliphatic carbocycles. The molecule has 1 fully saturated rings. The van der Waals surface area contributed by atoms with Crippen molar-refractivity contribution in [2.75, 3.05) is 7.05 Å². The molecule has 1 rings (SSSR count). The van der Waals surface area contributed by atoms with Crippen LogP contribution in [-0.4, -0.2) is 34.6 Å². The molecule has 4 unspecified atom stereocenters. The summed E-state index contributed by atoms with van der Waals surface area (Å²) in [6.07, 6.45) is 1.27. The van der Waals surface area contributed by atoms with Crippen LogP contribution in [0.4, 0.5) is 0 Å². The molecule has 0 amide bonds. The largest absolute Gasteiger partial charge is 0.313 e. The standard InChI is InChI=1S/C14H31N2P/c1-10-9-14(6,7)16(13(3,4)5)11(2)17-12(10)15-8/h10-12,15,17H,9H2,1-8H3. The SMILES string of the molecule is CNC1PC(C)N(C(C)(C)C)C(C)(C)CC1C. The van der Waals surface area contributed by atoms with Crippen molar-refractivity contribution in [1.29, 1.82) is 0 Å². The predicted molar refractivity (Wildman–Crippen MR) is 80.1 cm³/mol. The molecule has 0 aromatic rings. The molecule has 17 heavy (non-hydrogen) atoms. The highest BCUT2D eigenvalue weighted by molar-refractivity contribution is 7.39. The Hall–Kier alpha value is 0.350. The van der Waals surface area contributed by atoms with E-state index >= 15 is 0 Å². The van der Waals surface area contributed by atoms with E-state index in [1.807, 2.05) is 0 Å². The van der Waals surface area contributed by atoms with Crippen LogP contribution in [0, 0.1) is 5.92 Å². The number of hydrogen-bond acceptors (Lipinski definition) is 2. The summed E-state index contributed by atoms with van der Waals surface area (Å²) in [7, 11) is 3.09. The summed E-state index contributed by atoms with van der Waals surface area (Å²) in [6.45, 7) is 16.7. The quantitative estimate of drug-likeness (QED) is 0.724. The highest BCUT2D eigenvalue weighted by Gasteiger charge is 2.43. The lowest BCUT2D eigenvalue weighted by atomic mass is 9.86. The molecule has 0 radical (unpaired) electrons. The Balaban J connectivity index is 3.04. The number of nitrogens with zero attached hydrogens (tertiary/aromatic N) is 1. The van der Waals surface area contributed by atoms with Crippen molar-refractivity contribution in [2.24, 2.45) is 5.92 Å². The molecule has 1 N–H and O–H groups in total. The highest BCUT2D eigenvalue weighted by Crippen LogP contribution is 2.45. The van der Waals surface area contributed by atoms with E-state index in [0.717, 1.165) is 14.5 Å². The first kappa shape index (κ1) is 15.4. The van der Waals surface area contributed by atoms with E-state index in [9.17, 15) is 0 Å². The summed E-state index contributed by atoms with van der Waals surface area (Å²) < 4.78 is 0. The third-order valence-corrected chi connectivity index (χ3v) is 5.84. The average Bonchev–Trinajstić information content (AvgIpc) is 2.17. The highest BCUT2D eigenvalue weighted by atomic mass is 31.1. The van der Waals surface area contributed by atoms with E-state index in [0.29, 0.717) is 11.6 Å². The van der Waals surface area contributed by atoms with Crippen LogP contribution in [0.2, 0.25) is 0 Å². The van der Waals surface area contributed by atoms with Crippen molar-refractivity contribution in [3.63, 3.8) is 0 Å². The van der Waals surface area contributed by atoms with Crippen LogP contribution in [0.5, 0.6) is 0 Å². The van der Waals surface area contributed by atoms with E-state index in [-0.39, 0.29) is 11.1 Å². The fourth-order valence-electron chi connectivity index (χ4n) is 3.88. The van der Waals surface area contributed by atoms with Gasteiger partial charge in [-0.1, -0.05) is 15.5 Å². The van der Waals surface area contributed by atoms with Gasteiger partial charge in [0.2, 0.25) is 0 Å². The van der Waals surface area contributed by atoms with Crippen molar-refractivity contribution in [3.05, 3.63) is 0 Å². The molecule has 0 aromatic heterocycles. The Morgan fingerprint density at radius 3 is 2.18 bits per heavy atom. The van der Waals surface area contributed by atoms with Crippen molar-refractivity contribution in [2.45, 2.75) is 77.5 Å². The van der Waals surface area contributed by atoms with Gasteiger partial charge in [0.15, 0.2) is 0 Å². The van der Waals surface area contributed by atoms with Crippen LogP contribution in [0.25, 0.3) is 0 Å². The minimum atomic E-state index is 0.248. The lowest BCUT2D eigenvalue weighted by Crippen LogP contribution is -2.56. The molecular weight excluding hydrogens is 227 g/mol. The Kier molecular flexibility index (Phi) is 4.67. The predicted octanol–water partition coefficient (Wildman–Crippen LogP) is 3.48. The average molecular weight is 258 g/mol. The van der Waals surface area contributed by atoms with Gasteiger partial charge in [-0.2, -0.15) is 0 Å². The molecule has 1 saturated heterocycles. The van der Waals surface area contributed by atoms with Crippen LogP contribution < -0.4 is 5.32 Å². The minimum Gasteiger partial charge on any atom is -0.313 e. The van der Waals surface area contributed by atoms with E-state index in [1.165, 1.54) is 6.42 Å². The maximum Gasteiger partial charge on any atom is 0.0278 e. The first-order chi connectivity index (χ1) is 7.59. The van der Waals surface area contributed by atoms with Gasteiger partial charge in [0.1, 0.15) is 0 Å². The van der Waals surface area contributed by atoms with Gasteiger partial charge < -0.3 is 5.32 Å². The first-order valence-corrected chi connectivity index (χ1v) is 7.98. The number of hydrogen-bond donors (Lipinski definition) is 1. The maximum atomic E-state index is 3.52. The van der Waals surface area contributed by atoms with E-state index in [1.54, 1.807) is 0 Å². The summed E-state index contributed by atoms with van der Waals surface area (Å²) in [5.41, 5.74) is 0.536. The Morgan fingerprint density at radius 1 is 1.24 bits per heavy atom. The van der Waals surface area contributed by atoms with Gasteiger partial charge >= 0.3 is 0 Å². The van der Waals surface area contributed by atoms with E-state index in [2.05, 4.69) is 65.7 Å². The third kappa shape index (κ3) is 3.43. The summed E-state index contributed by atoms with van der Waals surface area (Å²) in [5.74, 6) is 2.09. The van der Waals surface area contributed by atoms with Crippen LogP contribution in [0.1, 0.15) is 54.9 Å². The van der Waals surface area contributed by atoms with Gasteiger partial charge in [-0.25, -0.2) is 0 Å². The van der Waals surface area contributed by atoms with Crippen LogP contribution in [-0.2, 0) is 0 Å². The lowest BCUT2D eigenvalue weighted by molar-refractivity contribution is 0.0106. The van der Waals surface area contributed by atoms with Crippen LogP contribution in [0.3, 0.4) is 0 Å². The molecule has 3 heteroatoms. The fourth-order valence-corrected chi connectivity index (χ4v) is 5.90. The molecule has 2 nitrogen and oxygen atoms in total. The van der Waals surface area contributed by atoms with E-state index in [4.69, 9.17) is 0 Å². The molecule has 0 aromatic carbocycles. The number of nitrogens with one attached hydrogen (secondary N) is 1. The normalized spacial score (nSPS) is 37.1. The smallest absolute Gasteiger partial charge is 0.0278 e. The maximum absolute atomic E-state index is 3.52. The zero-order chi connectivity index (χ0) is 13.4. The van der Waals surface area contributed by atoms with Gasteiger partial charge in [0.05, 0.1) is 0 Å². The van der Waals surface area contributed by atoms with Gasteiger partial charge in [0, 0.05) is 22.6 Å². The molecular formula is C14H31N2P. The van der Waals surface area contributed by atoms with Gasteiger partial charge in [0.25, 0.3) is 0 Å². The van der Waals surface area contributed by atoms with Gasteiger partial charge in [-0.05, 0) is 60.9 Å². The Morgan fingerprint density at radius 2 is 1.76 bits per heavy atom. The van der Waals surface area contributed by atoms with Crippen molar-refractivity contribution < 1.29 is 0 Å². The van der Waals surface area contributed by atoms with Crippen molar-refractivity contribution >= 4 is 8.58 Å². The summed E-state index contributed by atoms with van der Waals surface area (Å²) in [5, 5.41) is 3.52. The molecule has 4 atom stereocenters. The monoisotopic (exact) mass is 258 g/mol. The molecule has 1 aliphatic heterocycles.